The molecule has 25 rings (SSSR count). The van der Waals surface area contributed by atoms with Gasteiger partial charge in [0, 0.05) is 66.6 Å². The molecule has 0 aliphatic heterocycles. The first-order chi connectivity index (χ1) is 72.3. The first-order valence-electron chi connectivity index (χ1n) is 47.1. The zero-order valence-electron chi connectivity index (χ0n) is 80.3. The number of halogens is 2. The van der Waals surface area contributed by atoms with Gasteiger partial charge in [0.25, 0.3) is 22.2 Å². The molecular formula is C114H87ClFN25O7S. The van der Waals surface area contributed by atoms with E-state index in [1.807, 2.05) is 276 Å². The SMILES string of the molecule is Cc1ccccc1-n1c(Cn2nc(-c3ccc(Cl)c(O)c3)c3c(N)ncnc32)cc2ccccc2c1=O.Cc1ccccc1-n1c(Cn2nc(-c3ccc(F)c(O)c3)c3c(N)ncnc32)cc2ccccc2c1=O.Cc1ccccc1-n1c(Cn2nc(-c3cccc(O)c3)c3c(N)ncnc32)cc2ccccc2c1=O.Cc1nc2ccc(-c3nn(Cc4cc5ccccc5c(=O)n4-c4ccccc4C)c4ncnc(N)c34)cc2s1. The van der Waals surface area contributed by atoms with Gasteiger partial charge in [0.1, 0.15) is 82.9 Å². The summed E-state index contributed by atoms with van der Waals surface area (Å²) in [5, 5.41) is 59.0. The van der Waals surface area contributed by atoms with E-state index in [2.05, 4.69) is 50.9 Å². The van der Waals surface area contributed by atoms with Crippen LogP contribution in [0.1, 0.15) is 50.0 Å². The fourth-order valence-electron chi connectivity index (χ4n) is 19.2. The van der Waals surface area contributed by atoms with Crippen molar-refractivity contribution in [2.75, 3.05) is 22.9 Å². The molecule has 0 amide bonds. The molecular weight excluding hydrogens is 1920 g/mol. The molecule has 149 heavy (non-hydrogen) atoms. The standard InChI is InChI=1S/C30H23N7OS.C28H21ClN6O2.C28H21FN6O2.C28H22N6O2/c1-17-7-3-6-10-24(17)37-21(13-19-8-4-5-9-22(19)30(37)38)15-36-29-26(28(31)32-16-33-29)27(35-36)20-11-12-23-25(14-20)39-18(2)34-23;2*1-16-6-2-5-9-22(16)35-19(12-17-7-3-4-8-20(17)28(35)37)14-34-27-24(26(30)31-15-32-27)25(33-34)18-10-11-21(29)23(36)13-18;1-17-7-2-5-12-23(17)34-20(13-18-8-3-4-11-22(18)28(34)36)15-33-27-24(26(29)30-16-31-27)25(32-33)19-9-6-10-21(35)14-19/h3-14,16H,15H2,1-2H3,(H2,31,32,33);2*2-13,15,36H,14H2,1H3,(H2,30,31,32);2-14,16,35H,15H2,1H3,(H2,29,30,31). The summed E-state index contributed by atoms with van der Waals surface area (Å²) < 4.78 is 28.6. The molecule has 0 atom stereocenters. The lowest BCUT2D eigenvalue weighted by molar-refractivity contribution is 0.432. The molecule has 35 heteroatoms. The summed E-state index contributed by atoms with van der Waals surface area (Å²) >= 11 is 7.66. The van der Waals surface area contributed by atoms with E-state index >= 15 is 0 Å². The Balaban J connectivity index is 0.000000112. The maximum absolute atomic E-state index is 13.8. The van der Waals surface area contributed by atoms with Crippen LogP contribution >= 0.6 is 22.9 Å². The van der Waals surface area contributed by atoms with Crippen LogP contribution in [-0.4, -0.2) is 118 Å². The number of aryl methyl sites for hydroxylation is 5. The Kier molecular flexibility index (Phi) is 24.6. The monoisotopic (exact) mass is 2000 g/mol. The second-order valence-corrected chi connectivity index (χ2v) is 37.4. The number of hydrogen-bond acceptors (Lipinski definition) is 25. The predicted octanol–water partition coefficient (Wildman–Crippen LogP) is 19.8. The van der Waals surface area contributed by atoms with E-state index in [4.69, 9.17) is 54.9 Å². The number of phenolic OH excluding ortho intramolecular Hbond substituents is 3. The Morgan fingerprint density at radius 3 is 0.933 bits per heavy atom. The van der Waals surface area contributed by atoms with Gasteiger partial charge in [-0.1, -0.05) is 181 Å². The third kappa shape index (κ3) is 17.6. The lowest BCUT2D eigenvalue weighted by Crippen LogP contribution is -2.24. The van der Waals surface area contributed by atoms with Crippen molar-refractivity contribution in [3.05, 3.63) is 425 Å². The zero-order valence-corrected chi connectivity index (χ0v) is 81.8. The van der Waals surface area contributed by atoms with Crippen molar-refractivity contribution in [2.24, 2.45) is 0 Å². The van der Waals surface area contributed by atoms with Crippen LogP contribution in [0.3, 0.4) is 0 Å². The molecule has 25 aromatic rings. The van der Waals surface area contributed by atoms with Gasteiger partial charge in [0.15, 0.2) is 34.2 Å². The molecule has 0 radical (unpaired) electrons. The predicted molar refractivity (Wildman–Crippen MR) is 582 cm³/mol. The Labute approximate surface area is 853 Å². The number of aromatic hydroxyl groups is 3. The number of benzene rings is 12. The third-order valence-electron chi connectivity index (χ3n) is 26.2. The minimum atomic E-state index is -0.741. The molecule has 0 unspecified atom stereocenters. The maximum Gasteiger partial charge on any atom is 0.263 e. The number of thiazole rings is 1. The largest absolute Gasteiger partial charge is 0.508 e. The number of nitrogens with zero attached hydrogens (tertiary/aromatic N) is 21. The van der Waals surface area contributed by atoms with Crippen LogP contribution in [0.4, 0.5) is 27.7 Å². The van der Waals surface area contributed by atoms with Crippen LogP contribution < -0.4 is 45.2 Å². The van der Waals surface area contributed by atoms with Crippen LogP contribution in [0.5, 0.6) is 17.2 Å². The number of rotatable bonds is 16. The summed E-state index contributed by atoms with van der Waals surface area (Å²) in [5.41, 5.74) is 42.6. The van der Waals surface area contributed by atoms with Gasteiger partial charge in [-0.3, -0.25) is 37.4 Å². The fourth-order valence-corrected chi connectivity index (χ4v) is 20.2. The Hall–Kier alpha value is -19.6. The first-order valence-corrected chi connectivity index (χ1v) is 48.3. The zero-order chi connectivity index (χ0) is 103. The van der Waals surface area contributed by atoms with Gasteiger partial charge in [0.2, 0.25) is 0 Å². The van der Waals surface area contributed by atoms with Crippen LogP contribution in [0.2, 0.25) is 5.02 Å². The number of nitrogen functional groups attached to an aromatic ring is 4. The van der Waals surface area contributed by atoms with Crippen molar-refractivity contribution in [1.82, 2.24) is 102 Å². The number of fused-ring (bicyclic) bond motifs is 9. The van der Waals surface area contributed by atoms with Gasteiger partial charge in [-0.25, -0.2) is 68.0 Å². The molecule has 32 nitrogen and oxygen atoms in total. The van der Waals surface area contributed by atoms with E-state index in [1.54, 1.807) is 74.0 Å². The number of anilines is 4. The summed E-state index contributed by atoms with van der Waals surface area (Å²) in [4.78, 5) is 94.2. The van der Waals surface area contributed by atoms with E-state index in [1.165, 1.54) is 43.5 Å². The Bertz CT molecular complexity index is 9730. The molecule has 0 fully saturated rings. The molecule has 0 saturated heterocycles. The summed E-state index contributed by atoms with van der Waals surface area (Å²) in [6.45, 7) is 10.9. The number of para-hydroxylation sites is 4. The molecule has 0 bridgehead atoms. The fraction of sp³-hybridized carbons (Fsp3) is 0.0789. The van der Waals surface area contributed by atoms with Crippen LogP contribution in [0.15, 0.2) is 342 Å². The number of aromatic nitrogens is 21. The maximum atomic E-state index is 13.8. The highest BCUT2D eigenvalue weighted by Crippen LogP contribution is 2.41. The van der Waals surface area contributed by atoms with Gasteiger partial charge in [-0.05, 0) is 206 Å². The molecule has 0 aliphatic rings. The Morgan fingerprint density at radius 1 is 0.315 bits per heavy atom. The van der Waals surface area contributed by atoms with Gasteiger partial charge in [-0.2, -0.15) is 20.4 Å². The molecule has 12 aromatic carbocycles. The number of pyridine rings is 4. The van der Waals surface area contributed by atoms with Crippen molar-refractivity contribution in [1.29, 1.82) is 0 Å². The topological polar surface area (TPSA) is 440 Å². The normalized spacial score (nSPS) is 11.5. The van der Waals surface area contributed by atoms with Crippen LogP contribution in [0, 0.1) is 40.4 Å². The van der Waals surface area contributed by atoms with E-state index in [9.17, 15) is 38.9 Å². The molecule has 13 heterocycles. The van der Waals surface area contributed by atoms with E-state index in [0.717, 1.165) is 110 Å². The molecule has 0 aliphatic carbocycles. The van der Waals surface area contributed by atoms with Crippen molar-refractivity contribution >= 4 is 144 Å². The van der Waals surface area contributed by atoms with Crippen molar-refractivity contribution < 1.29 is 19.7 Å². The average molecular weight is 2010 g/mol. The molecule has 0 saturated carbocycles. The quantitative estimate of drug-likeness (QED) is 0.0472. The summed E-state index contributed by atoms with van der Waals surface area (Å²) in [7, 11) is 0. The molecule has 0 spiro atoms. The van der Waals surface area contributed by atoms with Gasteiger partial charge < -0.3 is 38.3 Å². The lowest BCUT2D eigenvalue weighted by Gasteiger charge is -2.17. The average Bonchev–Trinajstić information content (AvgIpc) is 1.64. The number of hydrogen-bond donors (Lipinski definition) is 7. The smallest absolute Gasteiger partial charge is 0.263 e. The third-order valence-corrected chi connectivity index (χ3v) is 27.5. The lowest BCUT2D eigenvalue weighted by atomic mass is 10.1. The highest BCUT2D eigenvalue weighted by molar-refractivity contribution is 7.18. The first kappa shape index (κ1) is 94.3. The minimum absolute atomic E-state index is 0.0693. The van der Waals surface area contributed by atoms with E-state index < -0.39 is 11.6 Å². The Morgan fingerprint density at radius 2 is 0.611 bits per heavy atom. The molecule has 13 aromatic heterocycles. The van der Waals surface area contributed by atoms with Crippen molar-refractivity contribution in [2.45, 2.75) is 60.8 Å². The molecule has 730 valence electrons. The highest BCUT2D eigenvalue weighted by Gasteiger charge is 2.29. The van der Waals surface area contributed by atoms with Crippen LogP contribution in [0.25, 0.3) is 165 Å². The molecule has 11 N–H and O–H groups in total. The second kappa shape index (κ2) is 38.9. The van der Waals surface area contributed by atoms with Crippen molar-refractivity contribution in [3.8, 4) is 85.0 Å². The van der Waals surface area contributed by atoms with Crippen molar-refractivity contribution in [3.63, 3.8) is 0 Å². The minimum Gasteiger partial charge on any atom is -0.508 e. The van der Waals surface area contributed by atoms with Gasteiger partial charge in [0.05, 0.1) is 90.7 Å². The van der Waals surface area contributed by atoms with E-state index in [-0.39, 0.29) is 70.0 Å². The second-order valence-electron chi connectivity index (χ2n) is 35.8. The number of phenols is 3. The van der Waals surface area contributed by atoms with Gasteiger partial charge in [-0.15, -0.1) is 11.3 Å². The van der Waals surface area contributed by atoms with Crippen LogP contribution in [-0.2, 0) is 26.2 Å². The van der Waals surface area contributed by atoms with E-state index in [0.29, 0.717) is 129 Å². The van der Waals surface area contributed by atoms with Gasteiger partial charge >= 0.3 is 0 Å². The summed E-state index contributed by atoms with van der Waals surface area (Å²) in [6.07, 6.45) is 5.57. The summed E-state index contributed by atoms with van der Waals surface area (Å²) in [5.74, 6) is -0.0844. The number of nitrogens with two attached hydrogens (primary N) is 4. The summed E-state index contributed by atoms with van der Waals surface area (Å²) in [6, 6.07) is 91.0. The highest BCUT2D eigenvalue weighted by atomic mass is 35.5.